The monoisotopic (exact) mass is 396 g/mol. The fourth-order valence-electron chi connectivity index (χ4n) is 2.06. The molecule has 1 amide bonds. The highest BCUT2D eigenvalue weighted by atomic mass is 79.9. The highest BCUT2D eigenvalue weighted by molar-refractivity contribution is 9.10. The van der Waals surface area contributed by atoms with E-state index in [9.17, 15) is 13.2 Å². The third-order valence-corrected chi connectivity index (χ3v) is 6.06. The van der Waals surface area contributed by atoms with Crippen LogP contribution in [0.2, 0.25) is 5.02 Å². The summed E-state index contributed by atoms with van der Waals surface area (Å²) in [6.45, 7) is 1.01. The van der Waals surface area contributed by atoms with E-state index in [4.69, 9.17) is 11.6 Å². The van der Waals surface area contributed by atoms with Crippen LogP contribution in [0.1, 0.15) is 0 Å². The van der Waals surface area contributed by atoms with Crippen molar-refractivity contribution in [2.75, 3.05) is 33.3 Å². The topological polar surface area (TPSA) is 66.9 Å². The number of benzene rings is 1. The van der Waals surface area contributed by atoms with E-state index in [-0.39, 0.29) is 23.0 Å². The number of nitrogens with zero attached hydrogens (tertiary/aromatic N) is 2. The van der Waals surface area contributed by atoms with E-state index in [2.05, 4.69) is 20.7 Å². The molecule has 1 saturated heterocycles. The Morgan fingerprint density at radius 2 is 1.90 bits per heavy atom. The van der Waals surface area contributed by atoms with Gasteiger partial charge in [-0.3, -0.25) is 0 Å². The molecular weight excluding hydrogens is 384 g/mol. The van der Waals surface area contributed by atoms with E-state index in [1.165, 1.54) is 22.4 Å². The molecule has 1 heterocycles. The average molecular weight is 398 g/mol. The molecule has 2 rings (SSSR count). The molecule has 1 fully saturated rings. The van der Waals surface area contributed by atoms with Gasteiger partial charge < -0.3 is 9.64 Å². The van der Waals surface area contributed by atoms with Crippen molar-refractivity contribution in [3.63, 3.8) is 0 Å². The number of sulfonamides is 1. The summed E-state index contributed by atoms with van der Waals surface area (Å²) in [5.41, 5.74) is 0. The number of rotatable bonds is 2. The van der Waals surface area contributed by atoms with Gasteiger partial charge in [-0.05, 0) is 18.2 Å². The van der Waals surface area contributed by atoms with Crippen molar-refractivity contribution in [1.82, 2.24) is 9.21 Å². The Labute approximate surface area is 136 Å². The minimum Gasteiger partial charge on any atom is -0.453 e. The highest BCUT2D eigenvalue weighted by Gasteiger charge is 2.31. The van der Waals surface area contributed by atoms with E-state index in [0.29, 0.717) is 17.6 Å². The quantitative estimate of drug-likeness (QED) is 0.767. The lowest BCUT2D eigenvalue weighted by Crippen LogP contribution is -2.50. The predicted molar refractivity (Wildman–Crippen MR) is 81.9 cm³/mol. The fraction of sp³-hybridized carbons (Fsp3) is 0.417. The Kier molecular flexibility index (Phi) is 5.13. The number of piperazine rings is 1. The van der Waals surface area contributed by atoms with Gasteiger partial charge in [0.1, 0.15) is 4.90 Å². The van der Waals surface area contributed by atoms with Crippen molar-refractivity contribution >= 4 is 43.6 Å². The van der Waals surface area contributed by atoms with Crippen LogP contribution < -0.4 is 0 Å². The van der Waals surface area contributed by atoms with Crippen molar-refractivity contribution in [3.8, 4) is 0 Å². The van der Waals surface area contributed by atoms with Crippen molar-refractivity contribution in [2.45, 2.75) is 4.90 Å². The minimum atomic E-state index is -3.66. The molecule has 0 atom stereocenters. The molecule has 0 radical (unpaired) electrons. The average Bonchev–Trinajstić information content (AvgIpc) is 2.46. The zero-order valence-corrected chi connectivity index (χ0v) is 14.4. The molecule has 21 heavy (non-hydrogen) atoms. The lowest BCUT2D eigenvalue weighted by atomic mass is 10.4. The van der Waals surface area contributed by atoms with Crippen molar-refractivity contribution in [3.05, 3.63) is 27.7 Å². The Balaban J connectivity index is 2.17. The smallest absolute Gasteiger partial charge is 0.409 e. The van der Waals surface area contributed by atoms with Gasteiger partial charge in [-0.25, -0.2) is 13.2 Å². The molecule has 6 nitrogen and oxygen atoms in total. The van der Waals surface area contributed by atoms with E-state index in [1.807, 2.05) is 0 Å². The van der Waals surface area contributed by atoms with Gasteiger partial charge in [0.15, 0.2) is 0 Å². The SMILES string of the molecule is COC(=O)N1CCN(S(=O)(=O)c2ccc(Br)cc2Cl)CC1. The molecule has 1 aliphatic heterocycles. The first-order valence-electron chi connectivity index (χ1n) is 6.14. The Bertz CT molecular complexity index is 645. The third kappa shape index (κ3) is 3.50. The third-order valence-electron chi connectivity index (χ3n) is 3.18. The molecule has 0 saturated carbocycles. The van der Waals surface area contributed by atoms with Crippen LogP contribution in [0.4, 0.5) is 4.79 Å². The number of hydrogen-bond donors (Lipinski definition) is 0. The van der Waals surface area contributed by atoms with E-state index >= 15 is 0 Å². The summed E-state index contributed by atoms with van der Waals surface area (Å²) >= 11 is 9.25. The van der Waals surface area contributed by atoms with Crippen LogP contribution in [0.15, 0.2) is 27.6 Å². The lowest BCUT2D eigenvalue weighted by Gasteiger charge is -2.33. The van der Waals surface area contributed by atoms with Crippen LogP contribution in [-0.4, -0.2) is 57.0 Å². The molecule has 1 aromatic carbocycles. The largest absolute Gasteiger partial charge is 0.453 e. The molecule has 9 heteroatoms. The maximum absolute atomic E-state index is 12.6. The van der Waals surface area contributed by atoms with Gasteiger partial charge in [0.2, 0.25) is 10.0 Å². The van der Waals surface area contributed by atoms with E-state index in [1.54, 1.807) is 12.1 Å². The first-order chi connectivity index (χ1) is 9.86. The molecule has 116 valence electrons. The summed E-state index contributed by atoms with van der Waals surface area (Å²) in [5, 5.41) is 0.166. The molecule has 0 unspecified atom stereocenters. The molecular formula is C12H14BrClN2O4S. The van der Waals surface area contributed by atoms with Crippen molar-refractivity contribution in [2.24, 2.45) is 0 Å². The van der Waals surface area contributed by atoms with Crippen LogP contribution in [0.3, 0.4) is 0 Å². The molecule has 0 bridgehead atoms. The van der Waals surface area contributed by atoms with Gasteiger partial charge in [0.25, 0.3) is 0 Å². The van der Waals surface area contributed by atoms with Crippen LogP contribution in [-0.2, 0) is 14.8 Å². The summed E-state index contributed by atoms with van der Waals surface area (Å²) in [6, 6.07) is 4.64. The van der Waals surface area contributed by atoms with Gasteiger partial charge in [-0.2, -0.15) is 4.31 Å². The molecule has 0 N–H and O–H groups in total. The maximum Gasteiger partial charge on any atom is 0.409 e. The summed E-state index contributed by atoms with van der Waals surface area (Å²) in [4.78, 5) is 12.9. The lowest BCUT2D eigenvalue weighted by molar-refractivity contribution is 0.108. The second kappa shape index (κ2) is 6.51. The first-order valence-corrected chi connectivity index (χ1v) is 8.75. The molecule has 1 aliphatic rings. The number of hydrogen-bond acceptors (Lipinski definition) is 4. The second-order valence-electron chi connectivity index (χ2n) is 4.44. The Hall–Kier alpha value is -0.830. The molecule has 0 spiro atoms. The van der Waals surface area contributed by atoms with Gasteiger partial charge in [-0.1, -0.05) is 27.5 Å². The number of ether oxygens (including phenoxy) is 1. The summed E-state index contributed by atoms with van der Waals surface area (Å²) in [7, 11) is -2.36. The van der Waals surface area contributed by atoms with Gasteiger partial charge in [0.05, 0.1) is 12.1 Å². The number of carbonyl (C=O) groups excluding carboxylic acids is 1. The first kappa shape index (κ1) is 16.5. The van der Waals surface area contributed by atoms with Crippen molar-refractivity contribution < 1.29 is 17.9 Å². The fourth-order valence-corrected chi connectivity index (χ4v) is 4.50. The number of methoxy groups -OCH3 is 1. The van der Waals surface area contributed by atoms with Crippen LogP contribution in [0, 0.1) is 0 Å². The van der Waals surface area contributed by atoms with Crippen LogP contribution >= 0.6 is 27.5 Å². The maximum atomic E-state index is 12.6. The van der Waals surface area contributed by atoms with E-state index in [0.717, 1.165) is 0 Å². The summed E-state index contributed by atoms with van der Waals surface area (Å²) in [5.74, 6) is 0. The molecule has 0 aromatic heterocycles. The summed E-state index contributed by atoms with van der Waals surface area (Å²) in [6.07, 6.45) is -0.450. The highest BCUT2D eigenvalue weighted by Crippen LogP contribution is 2.28. The normalized spacial score (nSPS) is 16.8. The summed E-state index contributed by atoms with van der Waals surface area (Å²) < 4.78 is 31.8. The zero-order chi connectivity index (χ0) is 15.6. The number of carbonyl (C=O) groups is 1. The van der Waals surface area contributed by atoms with Crippen LogP contribution in [0.5, 0.6) is 0 Å². The standard InChI is InChI=1S/C12H14BrClN2O4S/c1-20-12(17)15-4-6-16(7-5-15)21(18,19)11-3-2-9(13)8-10(11)14/h2-3,8H,4-7H2,1H3. The predicted octanol–water partition coefficient (Wildman–Crippen LogP) is 2.18. The second-order valence-corrected chi connectivity index (χ2v) is 7.67. The Morgan fingerprint density at radius 3 is 2.43 bits per heavy atom. The van der Waals surface area contributed by atoms with Gasteiger partial charge in [0, 0.05) is 30.7 Å². The molecule has 1 aromatic rings. The minimum absolute atomic E-state index is 0.0684. The zero-order valence-electron chi connectivity index (χ0n) is 11.3. The van der Waals surface area contributed by atoms with Gasteiger partial charge >= 0.3 is 6.09 Å². The van der Waals surface area contributed by atoms with Gasteiger partial charge in [-0.15, -0.1) is 0 Å². The van der Waals surface area contributed by atoms with Crippen molar-refractivity contribution in [1.29, 1.82) is 0 Å². The number of amides is 1. The van der Waals surface area contributed by atoms with Crippen LogP contribution in [0.25, 0.3) is 0 Å². The Morgan fingerprint density at radius 1 is 1.29 bits per heavy atom. The number of halogens is 2. The van der Waals surface area contributed by atoms with E-state index < -0.39 is 16.1 Å². The molecule has 0 aliphatic carbocycles.